The minimum atomic E-state index is -0.400. The smallest absolute Gasteiger partial charge is 0.165 e. The summed E-state index contributed by atoms with van der Waals surface area (Å²) in [5, 5.41) is 1.91. The van der Waals surface area contributed by atoms with Crippen LogP contribution in [0, 0.1) is 0 Å². The summed E-state index contributed by atoms with van der Waals surface area (Å²) < 4.78 is 43.1. The van der Waals surface area contributed by atoms with Gasteiger partial charge >= 0.3 is 0 Å². The van der Waals surface area contributed by atoms with Crippen molar-refractivity contribution in [2.45, 2.75) is 0 Å². The number of rotatable bonds is 4. The van der Waals surface area contributed by atoms with Gasteiger partial charge in [-0.15, -0.1) is 11.3 Å². The maximum Gasteiger partial charge on any atom is 0.165 e. The minimum absolute atomic E-state index is 0.191. The third kappa shape index (κ3) is 3.98. The molecular weight excluding hydrogens is 470 g/mol. The second-order valence-electron chi connectivity index (χ2n) is 8.53. The van der Waals surface area contributed by atoms with Gasteiger partial charge in [0.1, 0.15) is 0 Å². The first-order chi connectivity index (χ1) is 20.4. The van der Waals surface area contributed by atoms with E-state index in [2.05, 4.69) is 0 Å². The van der Waals surface area contributed by atoms with Gasteiger partial charge in [0.2, 0.25) is 0 Å². The summed E-state index contributed by atoms with van der Waals surface area (Å²) in [6, 6.07) is 29.8. The van der Waals surface area contributed by atoms with Crippen LogP contribution in [0.15, 0.2) is 127 Å². The highest BCUT2D eigenvalue weighted by Crippen LogP contribution is 2.41. The Morgan fingerprint density at radius 3 is 1.84 bits per heavy atom. The van der Waals surface area contributed by atoms with Gasteiger partial charge in [0.05, 0.1) is 6.85 Å². The maximum absolute atomic E-state index is 8.44. The molecule has 0 spiro atoms. The Morgan fingerprint density at radius 1 is 0.514 bits per heavy atom. The van der Waals surface area contributed by atoms with Gasteiger partial charge in [0.25, 0.3) is 0 Å². The van der Waals surface area contributed by atoms with Crippen LogP contribution in [0.25, 0.3) is 65.5 Å². The van der Waals surface area contributed by atoms with Crippen molar-refractivity contribution < 1.29 is 6.85 Å². The lowest BCUT2D eigenvalue weighted by Crippen LogP contribution is -2.00. The summed E-state index contributed by atoms with van der Waals surface area (Å²) >= 11 is 1.61. The Hall–Kier alpha value is -4.67. The molecule has 0 unspecified atom stereocenters. The number of benzene rings is 5. The molecular formula is C33H21N3S. The van der Waals surface area contributed by atoms with Gasteiger partial charge in [-0.2, -0.15) is 0 Å². The van der Waals surface area contributed by atoms with Crippen LogP contribution >= 0.6 is 11.3 Å². The van der Waals surface area contributed by atoms with Crippen LogP contribution in [0.4, 0.5) is 0 Å². The molecule has 4 heteroatoms. The monoisotopic (exact) mass is 496 g/mol. The second kappa shape index (κ2) is 9.08. The van der Waals surface area contributed by atoms with E-state index in [9.17, 15) is 0 Å². The fourth-order valence-corrected chi connectivity index (χ4v) is 5.65. The average Bonchev–Trinajstić information content (AvgIpc) is 3.42. The second-order valence-corrected chi connectivity index (χ2v) is 9.59. The number of thiophene rings is 1. The molecule has 0 aliphatic rings. The van der Waals surface area contributed by atoms with Crippen LogP contribution in [-0.4, -0.2) is 15.0 Å². The average molecular weight is 497 g/mol. The van der Waals surface area contributed by atoms with E-state index in [1.54, 1.807) is 11.3 Å². The predicted octanol–water partition coefficient (Wildman–Crippen LogP) is 8.91. The van der Waals surface area contributed by atoms with Gasteiger partial charge in [-0.05, 0) is 29.3 Å². The summed E-state index contributed by atoms with van der Waals surface area (Å²) in [5.41, 5.74) is 3.42. The van der Waals surface area contributed by atoms with Crippen molar-refractivity contribution in [3.05, 3.63) is 127 Å². The molecule has 0 fully saturated rings. The normalized spacial score (nSPS) is 13.1. The van der Waals surface area contributed by atoms with Crippen molar-refractivity contribution in [3.63, 3.8) is 0 Å². The van der Waals surface area contributed by atoms with Crippen LogP contribution in [0.1, 0.15) is 6.85 Å². The standard InChI is InChI=1S/C33H21N3S/c1-4-11-22(12-5-1)25-19-20-29-28(21-25)26-17-10-18-27(30(26)37-29)33-35-31(23-13-6-2-7-14-23)34-32(36-33)24-15-8-3-9-16-24/h1-21H/i1D,4D,5D,11D,12D. The molecule has 37 heavy (non-hydrogen) atoms. The molecule has 0 saturated heterocycles. The van der Waals surface area contributed by atoms with Crippen LogP contribution in [-0.2, 0) is 0 Å². The van der Waals surface area contributed by atoms with E-state index < -0.39 is 6.04 Å². The largest absolute Gasteiger partial charge is 0.208 e. The third-order valence-corrected chi connectivity index (χ3v) is 7.45. The third-order valence-electron chi connectivity index (χ3n) is 6.23. The van der Waals surface area contributed by atoms with Gasteiger partial charge < -0.3 is 0 Å². The quantitative estimate of drug-likeness (QED) is 0.244. The van der Waals surface area contributed by atoms with E-state index in [1.165, 1.54) is 0 Å². The van der Waals surface area contributed by atoms with Crippen molar-refractivity contribution in [3.8, 4) is 45.3 Å². The molecule has 0 aliphatic carbocycles. The van der Waals surface area contributed by atoms with Crippen molar-refractivity contribution in [2.24, 2.45) is 0 Å². The van der Waals surface area contributed by atoms with E-state index >= 15 is 0 Å². The SMILES string of the molecule is [2H]c1c([2H])c([2H])c(-c2ccc3sc4c(-c5nc(-c6ccccc6)nc(-c6ccccc6)n5)cccc4c3c2)c([2H])c1[2H]. The lowest BCUT2D eigenvalue weighted by molar-refractivity contribution is 1.08. The van der Waals surface area contributed by atoms with Crippen LogP contribution < -0.4 is 0 Å². The van der Waals surface area contributed by atoms with Gasteiger partial charge in [-0.3, -0.25) is 0 Å². The molecule has 0 atom stereocenters. The summed E-state index contributed by atoms with van der Waals surface area (Å²) in [6.07, 6.45) is 0. The Balaban J connectivity index is 1.44. The van der Waals surface area contributed by atoms with Gasteiger partial charge in [-0.25, -0.2) is 15.0 Å². The number of aromatic nitrogens is 3. The van der Waals surface area contributed by atoms with Crippen LogP contribution in [0.2, 0.25) is 0 Å². The molecule has 3 nitrogen and oxygen atoms in total. The van der Waals surface area contributed by atoms with Gasteiger partial charge in [-0.1, -0.05) is 109 Å². The lowest BCUT2D eigenvalue weighted by atomic mass is 10.0. The first-order valence-electron chi connectivity index (χ1n) is 14.3. The number of nitrogens with zero attached hydrogens (tertiary/aromatic N) is 3. The van der Waals surface area contributed by atoms with Crippen molar-refractivity contribution in [2.75, 3.05) is 0 Å². The Bertz CT molecular complexity index is 2060. The van der Waals surface area contributed by atoms with Crippen molar-refractivity contribution in [1.82, 2.24) is 15.0 Å². The van der Waals surface area contributed by atoms with Crippen LogP contribution in [0.5, 0.6) is 0 Å². The molecule has 2 aromatic heterocycles. The topological polar surface area (TPSA) is 38.7 Å². The lowest BCUT2D eigenvalue weighted by Gasteiger charge is -2.09. The molecule has 7 aromatic rings. The highest BCUT2D eigenvalue weighted by Gasteiger charge is 2.16. The Labute approximate surface area is 225 Å². The van der Waals surface area contributed by atoms with E-state index in [0.717, 1.165) is 36.9 Å². The predicted molar refractivity (Wildman–Crippen MR) is 154 cm³/mol. The first kappa shape index (κ1) is 16.9. The maximum atomic E-state index is 8.44. The van der Waals surface area contributed by atoms with Crippen molar-refractivity contribution >= 4 is 31.5 Å². The van der Waals surface area contributed by atoms with E-state index in [1.807, 2.05) is 97.1 Å². The zero-order valence-electron chi connectivity index (χ0n) is 24.5. The molecule has 0 N–H and O–H groups in total. The van der Waals surface area contributed by atoms with Crippen LogP contribution in [0.3, 0.4) is 0 Å². The van der Waals surface area contributed by atoms with E-state index in [-0.39, 0.29) is 29.7 Å². The highest BCUT2D eigenvalue weighted by molar-refractivity contribution is 7.26. The Morgan fingerprint density at radius 2 is 1.16 bits per heavy atom. The minimum Gasteiger partial charge on any atom is -0.208 e. The Kier molecular flexibility index (Phi) is 4.15. The highest BCUT2D eigenvalue weighted by atomic mass is 32.1. The molecule has 2 heterocycles. The fourth-order valence-electron chi connectivity index (χ4n) is 4.45. The molecule has 7 rings (SSSR count). The molecule has 0 aliphatic heterocycles. The molecule has 0 radical (unpaired) electrons. The summed E-state index contributed by atoms with van der Waals surface area (Å²) in [7, 11) is 0. The molecule has 0 saturated carbocycles. The van der Waals surface area contributed by atoms with Crippen molar-refractivity contribution in [1.29, 1.82) is 0 Å². The summed E-state index contributed by atoms with van der Waals surface area (Å²) in [6.45, 7) is 0. The number of fused-ring (bicyclic) bond motifs is 3. The molecule has 0 amide bonds. The molecule has 0 bridgehead atoms. The zero-order chi connectivity index (χ0) is 29.0. The summed E-state index contributed by atoms with van der Waals surface area (Å²) in [5.74, 6) is 1.73. The van der Waals surface area contributed by atoms with E-state index in [0.29, 0.717) is 23.0 Å². The summed E-state index contributed by atoms with van der Waals surface area (Å²) in [4.78, 5) is 14.6. The number of hydrogen-bond acceptors (Lipinski definition) is 4. The fraction of sp³-hybridized carbons (Fsp3) is 0. The molecule has 5 aromatic carbocycles. The molecule has 174 valence electrons. The first-order valence-corrected chi connectivity index (χ1v) is 12.6. The van der Waals surface area contributed by atoms with E-state index in [4.69, 9.17) is 21.8 Å². The zero-order valence-corrected chi connectivity index (χ0v) is 20.3. The van der Waals surface area contributed by atoms with Gasteiger partial charge in [0.15, 0.2) is 17.5 Å². The number of hydrogen-bond donors (Lipinski definition) is 0. The van der Waals surface area contributed by atoms with Gasteiger partial charge in [0, 0.05) is 36.9 Å².